The van der Waals surface area contributed by atoms with E-state index < -0.39 is 5.97 Å². The number of aromatic nitrogens is 4. The molecule has 3 aromatic heterocycles. The number of aromatic carboxylic acids is 1. The summed E-state index contributed by atoms with van der Waals surface area (Å²) in [4.78, 5) is 27.1. The second kappa shape index (κ2) is 4.41. The van der Waals surface area contributed by atoms with Gasteiger partial charge >= 0.3 is 5.97 Å². The van der Waals surface area contributed by atoms with Gasteiger partial charge in [-0.25, -0.2) is 14.8 Å². The summed E-state index contributed by atoms with van der Waals surface area (Å²) in [7, 11) is 0. The number of rotatable bonds is 2. The van der Waals surface area contributed by atoms with E-state index in [1.54, 1.807) is 13.1 Å². The van der Waals surface area contributed by atoms with Gasteiger partial charge in [0.05, 0.1) is 16.6 Å². The summed E-state index contributed by atoms with van der Waals surface area (Å²) in [6.45, 7) is 3.66. The summed E-state index contributed by atoms with van der Waals surface area (Å²) in [6, 6.07) is 3.71. The lowest BCUT2D eigenvalue weighted by Gasteiger charge is -2.05. The minimum absolute atomic E-state index is 0.187. The minimum atomic E-state index is -0.992. The van der Waals surface area contributed by atoms with Crippen molar-refractivity contribution in [1.29, 1.82) is 0 Å². The standard InChI is InChI=1S/C14H12N4O2/c1-7-9(4-3-5-15-7)12-17-8(2)11-10(14(19)20)6-16-13(11)18-12/h3-6H,1-2H3,(H,19,20)(H,16,17,18). The molecule has 0 bridgehead atoms. The number of hydrogen-bond acceptors (Lipinski definition) is 4. The number of carboxylic acids is 1. The van der Waals surface area contributed by atoms with Gasteiger partial charge in [0.15, 0.2) is 5.82 Å². The lowest BCUT2D eigenvalue weighted by Crippen LogP contribution is -1.99. The number of carbonyl (C=O) groups is 1. The highest BCUT2D eigenvalue weighted by atomic mass is 16.4. The smallest absolute Gasteiger partial charge is 0.338 e. The van der Waals surface area contributed by atoms with E-state index in [4.69, 9.17) is 5.11 Å². The molecular formula is C14H12N4O2. The first-order valence-corrected chi connectivity index (χ1v) is 6.09. The average Bonchev–Trinajstić information content (AvgIpc) is 2.83. The largest absolute Gasteiger partial charge is 0.478 e. The summed E-state index contributed by atoms with van der Waals surface area (Å²) in [5.74, 6) is -0.451. The van der Waals surface area contributed by atoms with E-state index in [2.05, 4.69) is 19.9 Å². The van der Waals surface area contributed by atoms with E-state index in [9.17, 15) is 4.79 Å². The fraction of sp³-hybridized carbons (Fsp3) is 0.143. The van der Waals surface area contributed by atoms with Crippen LogP contribution in [-0.2, 0) is 0 Å². The van der Waals surface area contributed by atoms with Crippen LogP contribution in [0.5, 0.6) is 0 Å². The normalized spacial score (nSPS) is 10.9. The fourth-order valence-corrected chi connectivity index (χ4v) is 2.22. The van der Waals surface area contributed by atoms with Crippen molar-refractivity contribution >= 4 is 17.0 Å². The summed E-state index contributed by atoms with van der Waals surface area (Å²) >= 11 is 0. The number of H-pyrrole nitrogens is 1. The molecule has 0 unspecified atom stereocenters. The van der Waals surface area contributed by atoms with E-state index in [1.165, 1.54) is 6.20 Å². The number of nitrogens with one attached hydrogen (secondary N) is 1. The van der Waals surface area contributed by atoms with Gasteiger partial charge in [-0.2, -0.15) is 0 Å². The molecule has 3 aromatic rings. The number of aryl methyl sites for hydroxylation is 2. The maximum absolute atomic E-state index is 11.2. The lowest BCUT2D eigenvalue weighted by molar-refractivity contribution is 0.0699. The molecule has 0 aliphatic heterocycles. The van der Waals surface area contributed by atoms with Crippen LogP contribution in [0.1, 0.15) is 21.7 Å². The SMILES string of the molecule is Cc1ncccc1-c1nc(C)c2c(C(=O)O)c[nH]c2n1. The minimum Gasteiger partial charge on any atom is -0.478 e. The van der Waals surface area contributed by atoms with Crippen molar-refractivity contribution in [2.45, 2.75) is 13.8 Å². The van der Waals surface area contributed by atoms with Crippen LogP contribution in [0.25, 0.3) is 22.4 Å². The monoisotopic (exact) mass is 268 g/mol. The van der Waals surface area contributed by atoms with E-state index >= 15 is 0 Å². The van der Waals surface area contributed by atoms with Crippen molar-refractivity contribution < 1.29 is 9.90 Å². The first-order chi connectivity index (χ1) is 9.58. The van der Waals surface area contributed by atoms with Crippen LogP contribution in [0.4, 0.5) is 0 Å². The van der Waals surface area contributed by atoms with Crippen molar-refractivity contribution in [2.24, 2.45) is 0 Å². The molecule has 3 heterocycles. The average molecular weight is 268 g/mol. The van der Waals surface area contributed by atoms with Gasteiger partial charge in [0.2, 0.25) is 0 Å². The van der Waals surface area contributed by atoms with Crippen LogP contribution in [-0.4, -0.2) is 31.0 Å². The molecule has 3 rings (SSSR count). The van der Waals surface area contributed by atoms with Crippen LogP contribution in [0.2, 0.25) is 0 Å². The lowest BCUT2D eigenvalue weighted by atomic mass is 10.1. The molecule has 100 valence electrons. The molecule has 0 aliphatic rings. The Morgan fingerprint density at radius 2 is 2.05 bits per heavy atom. The van der Waals surface area contributed by atoms with Crippen molar-refractivity contribution in [2.75, 3.05) is 0 Å². The van der Waals surface area contributed by atoms with Gasteiger partial charge < -0.3 is 10.1 Å². The zero-order valence-corrected chi connectivity index (χ0v) is 11.0. The highest BCUT2D eigenvalue weighted by Crippen LogP contribution is 2.24. The quantitative estimate of drug-likeness (QED) is 0.744. The molecule has 0 aliphatic carbocycles. The zero-order chi connectivity index (χ0) is 14.3. The third kappa shape index (κ3) is 1.82. The Bertz CT molecular complexity index is 823. The van der Waals surface area contributed by atoms with Gasteiger partial charge in [-0.3, -0.25) is 4.98 Å². The van der Waals surface area contributed by atoms with Crippen molar-refractivity contribution in [3.8, 4) is 11.4 Å². The maximum Gasteiger partial charge on any atom is 0.338 e. The molecule has 20 heavy (non-hydrogen) atoms. The first kappa shape index (κ1) is 12.3. The van der Waals surface area contributed by atoms with Crippen LogP contribution >= 0.6 is 0 Å². The second-order valence-corrected chi connectivity index (χ2v) is 4.50. The third-order valence-electron chi connectivity index (χ3n) is 3.19. The first-order valence-electron chi connectivity index (χ1n) is 6.09. The number of carboxylic acid groups (broad SMARTS) is 1. The van der Waals surface area contributed by atoms with Crippen LogP contribution in [0.15, 0.2) is 24.5 Å². The van der Waals surface area contributed by atoms with Gasteiger partial charge in [-0.1, -0.05) is 0 Å². The molecule has 0 radical (unpaired) electrons. The Morgan fingerprint density at radius 3 is 2.75 bits per heavy atom. The molecule has 0 saturated heterocycles. The van der Waals surface area contributed by atoms with Gasteiger partial charge in [0.25, 0.3) is 0 Å². The van der Waals surface area contributed by atoms with Crippen LogP contribution in [0, 0.1) is 13.8 Å². The Balaban J connectivity index is 2.27. The second-order valence-electron chi connectivity index (χ2n) is 4.50. The number of nitrogens with zero attached hydrogens (tertiary/aromatic N) is 3. The molecule has 0 aromatic carbocycles. The van der Waals surface area contributed by atoms with Crippen molar-refractivity contribution in [3.63, 3.8) is 0 Å². The third-order valence-corrected chi connectivity index (χ3v) is 3.19. The van der Waals surface area contributed by atoms with E-state index in [0.717, 1.165) is 11.3 Å². The Hall–Kier alpha value is -2.76. The number of aromatic amines is 1. The predicted octanol–water partition coefficient (Wildman–Crippen LogP) is 2.33. The summed E-state index contributed by atoms with van der Waals surface area (Å²) in [5.41, 5.74) is 3.01. The summed E-state index contributed by atoms with van der Waals surface area (Å²) in [6.07, 6.45) is 3.15. The molecule has 6 nitrogen and oxygen atoms in total. The fourth-order valence-electron chi connectivity index (χ4n) is 2.22. The van der Waals surface area contributed by atoms with Crippen LogP contribution in [0.3, 0.4) is 0 Å². The van der Waals surface area contributed by atoms with Gasteiger partial charge in [-0.05, 0) is 26.0 Å². The number of fused-ring (bicyclic) bond motifs is 1. The van der Waals surface area contributed by atoms with Crippen molar-refractivity contribution in [1.82, 2.24) is 19.9 Å². The molecule has 0 atom stereocenters. The predicted molar refractivity (Wildman–Crippen MR) is 73.6 cm³/mol. The molecule has 0 amide bonds. The molecule has 0 saturated carbocycles. The van der Waals surface area contributed by atoms with E-state index in [0.29, 0.717) is 22.6 Å². The molecular weight excluding hydrogens is 256 g/mol. The summed E-state index contributed by atoms with van der Waals surface area (Å²) < 4.78 is 0. The van der Waals surface area contributed by atoms with Crippen molar-refractivity contribution in [3.05, 3.63) is 41.5 Å². The topological polar surface area (TPSA) is 91.8 Å². The number of hydrogen-bond donors (Lipinski definition) is 2. The Kier molecular flexibility index (Phi) is 2.71. The van der Waals surface area contributed by atoms with E-state index in [1.807, 2.05) is 19.1 Å². The molecule has 0 spiro atoms. The molecule has 0 fully saturated rings. The van der Waals surface area contributed by atoms with Gasteiger partial charge in [-0.15, -0.1) is 0 Å². The van der Waals surface area contributed by atoms with E-state index in [-0.39, 0.29) is 5.56 Å². The number of pyridine rings is 1. The Morgan fingerprint density at radius 1 is 1.25 bits per heavy atom. The molecule has 6 heteroatoms. The Labute approximate surface area is 114 Å². The summed E-state index contributed by atoms with van der Waals surface area (Å²) in [5, 5.41) is 9.69. The van der Waals surface area contributed by atoms with Crippen LogP contribution < -0.4 is 0 Å². The molecule has 2 N–H and O–H groups in total. The highest BCUT2D eigenvalue weighted by Gasteiger charge is 2.16. The van der Waals surface area contributed by atoms with Gasteiger partial charge in [0, 0.05) is 23.7 Å². The van der Waals surface area contributed by atoms with Gasteiger partial charge in [0.1, 0.15) is 5.65 Å². The zero-order valence-electron chi connectivity index (χ0n) is 11.0. The maximum atomic E-state index is 11.2. The highest BCUT2D eigenvalue weighted by molar-refractivity contribution is 6.03.